The molecule has 67 heavy (non-hydrogen) atoms. The van der Waals surface area contributed by atoms with Crippen molar-refractivity contribution >= 4 is 83.6 Å². The highest BCUT2D eigenvalue weighted by atomic mass is 32.1. The molecule has 1 aromatic carbocycles. The van der Waals surface area contributed by atoms with Gasteiger partial charge in [0.05, 0.1) is 38.7 Å². The van der Waals surface area contributed by atoms with Gasteiger partial charge in [-0.15, -0.1) is 0 Å². The zero-order valence-corrected chi connectivity index (χ0v) is 37.7. The van der Waals surface area contributed by atoms with Crippen molar-refractivity contribution in [2.45, 2.75) is 94.7 Å². The van der Waals surface area contributed by atoms with Crippen LogP contribution in [-0.2, 0) is 64.0 Å². The summed E-state index contributed by atoms with van der Waals surface area (Å²) in [5, 5.41) is 46.9. The second-order valence-corrected chi connectivity index (χ2v) is 16.0. The number of carbonyl (C=O) groups excluding carboxylic acids is 10. The van der Waals surface area contributed by atoms with Gasteiger partial charge in [0.2, 0.25) is 59.1 Å². The Bertz CT molecular complexity index is 1980. The fourth-order valence-corrected chi connectivity index (χ4v) is 6.53. The van der Waals surface area contributed by atoms with E-state index in [9.17, 15) is 72.9 Å². The Balaban J connectivity index is 1.98. The number of carboxylic acids is 2. The molecule has 0 bridgehead atoms. The van der Waals surface area contributed by atoms with E-state index in [2.05, 4.69) is 49.8 Å². The molecule has 26 nitrogen and oxygen atoms in total. The van der Waals surface area contributed by atoms with Gasteiger partial charge in [0.1, 0.15) is 36.3 Å². The Morgan fingerprint density at radius 3 is 1.90 bits per heavy atom. The second kappa shape index (κ2) is 28.2. The lowest BCUT2D eigenvalue weighted by molar-refractivity contribution is -0.144. The first-order valence-electron chi connectivity index (χ1n) is 20.9. The van der Waals surface area contributed by atoms with Gasteiger partial charge in [-0.3, -0.25) is 52.7 Å². The Kier molecular flexibility index (Phi) is 23.7. The van der Waals surface area contributed by atoms with Crippen LogP contribution in [0.3, 0.4) is 0 Å². The molecule has 0 aromatic heterocycles. The van der Waals surface area contributed by atoms with E-state index in [0.29, 0.717) is 12.0 Å². The minimum absolute atomic E-state index is 0.00778. The molecule has 7 atom stereocenters. The lowest BCUT2D eigenvalue weighted by Gasteiger charge is -2.27. The van der Waals surface area contributed by atoms with Crippen LogP contribution in [0.25, 0.3) is 0 Å². The van der Waals surface area contributed by atoms with Crippen LogP contribution in [0.2, 0.25) is 0 Å². The van der Waals surface area contributed by atoms with E-state index in [1.165, 1.54) is 4.90 Å². The van der Waals surface area contributed by atoms with Crippen molar-refractivity contribution in [1.82, 2.24) is 47.4 Å². The molecule has 0 saturated carbocycles. The lowest BCUT2D eigenvalue weighted by Crippen LogP contribution is -2.57. The Labute approximate surface area is 389 Å². The van der Waals surface area contributed by atoms with Gasteiger partial charge in [0, 0.05) is 25.1 Å². The molecule has 1 saturated heterocycles. The van der Waals surface area contributed by atoms with Crippen molar-refractivity contribution in [2.24, 2.45) is 17.4 Å². The summed E-state index contributed by atoms with van der Waals surface area (Å²) in [6.07, 6.45) is -1.03. The topological polar surface area (TPSA) is 417 Å². The van der Waals surface area contributed by atoms with Crippen molar-refractivity contribution in [3.05, 3.63) is 35.9 Å². The van der Waals surface area contributed by atoms with Gasteiger partial charge in [0.15, 0.2) is 0 Å². The van der Waals surface area contributed by atoms with Crippen molar-refractivity contribution in [3.8, 4) is 0 Å². The summed E-state index contributed by atoms with van der Waals surface area (Å²) in [6, 6.07) is -1.00. The molecule has 1 heterocycles. The van der Waals surface area contributed by atoms with Gasteiger partial charge in [-0.25, -0.2) is 4.79 Å². The summed E-state index contributed by atoms with van der Waals surface area (Å²) in [5.41, 5.74) is 11.4. The Morgan fingerprint density at radius 2 is 1.33 bits per heavy atom. The fourth-order valence-electron chi connectivity index (χ4n) is 6.36. The molecule has 370 valence electrons. The SMILES string of the molecule is CC(C)[C@H](NC(=O)[C@H](Cc1ccccc1)NC(=O)[C@@H]1CCCN1C(=O)CNC(=O)CNC(=O)[C@H](CO)NC(=O)[C@H](CC(=O)O)NC(=O)CNC(=O)[C@H](CCC(N)=O)NC(=O)[C@@H](N)CS)C(=O)O. The first kappa shape index (κ1) is 56.3. The average Bonchev–Trinajstić information content (AvgIpc) is 3.78. The van der Waals surface area contributed by atoms with Gasteiger partial charge in [-0.1, -0.05) is 44.2 Å². The zero-order valence-electron chi connectivity index (χ0n) is 36.8. The van der Waals surface area contributed by atoms with E-state index in [0.717, 1.165) is 0 Å². The lowest BCUT2D eigenvalue weighted by atomic mass is 10.0. The normalized spacial score (nSPS) is 15.8. The molecule has 0 radical (unpaired) electrons. The first-order valence-corrected chi connectivity index (χ1v) is 21.6. The number of aliphatic hydroxyl groups is 1. The second-order valence-electron chi connectivity index (χ2n) is 15.6. The summed E-state index contributed by atoms with van der Waals surface area (Å²) in [6.45, 7) is -0.0155. The number of hydrogen-bond donors (Lipinski definition) is 14. The number of likely N-dealkylation sites (tertiary alicyclic amines) is 1. The van der Waals surface area contributed by atoms with Crippen LogP contribution in [0, 0.1) is 5.92 Å². The van der Waals surface area contributed by atoms with E-state index in [4.69, 9.17) is 11.5 Å². The zero-order chi connectivity index (χ0) is 50.4. The number of nitrogens with zero attached hydrogens (tertiary/aromatic N) is 1. The number of benzene rings is 1. The molecule has 0 unspecified atom stereocenters. The van der Waals surface area contributed by atoms with Crippen LogP contribution in [0.1, 0.15) is 51.5 Å². The van der Waals surface area contributed by atoms with Crippen molar-refractivity contribution in [1.29, 1.82) is 0 Å². The van der Waals surface area contributed by atoms with Crippen LogP contribution in [0.15, 0.2) is 30.3 Å². The maximum atomic E-state index is 13.5. The summed E-state index contributed by atoms with van der Waals surface area (Å²) < 4.78 is 0. The third-order valence-corrected chi connectivity index (χ3v) is 10.4. The predicted molar refractivity (Wildman–Crippen MR) is 236 cm³/mol. The molecular formula is C40H59N11O15S. The van der Waals surface area contributed by atoms with Gasteiger partial charge >= 0.3 is 11.9 Å². The number of hydrogen-bond acceptors (Lipinski definition) is 15. The van der Waals surface area contributed by atoms with Crippen molar-refractivity contribution < 1.29 is 72.9 Å². The van der Waals surface area contributed by atoms with Crippen LogP contribution in [0.5, 0.6) is 0 Å². The first-order chi connectivity index (χ1) is 31.6. The number of carbonyl (C=O) groups is 12. The van der Waals surface area contributed by atoms with Gasteiger partial charge < -0.3 is 74.2 Å². The Morgan fingerprint density at radius 1 is 0.731 bits per heavy atom. The number of aliphatic carboxylic acids is 2. The van der Waals surface area contributed by atoms with E-state index >= 15 is 0 Å². The summed E-state index contributed by atoms with van der Waals surface area (Å²) >= 11 is 3.90. The van der Waals surface area contributed by atoms with E-state index in [1.807, 2.05) is 5.32 Å². The maximum absolute atomic E-state index is 13.5. The predicted octanol–water partition coefficient (Wildman–Crippen LogP) is -6.28. The molecule has 10 amide bonds. The molecular weight excluding hydrogens is 907 g/mol. The summed E-state index contributed by atoms with van der Waals surface area (Å²) in [5.74, 6) is -12.5. The van der Waals surface area contributed by atoms with Crippen molar-refractivity contribution in [2.75, 3.05) is 38.5 Å². The number of primary amides is 1. The molecule has 1 aliphatic rings. The number of thiol groups is 1. The van der Waals surface area contributed by atoms with Crippen molar-refractivity contribution in [3.63, 3.8) is 0 Å². The van der Waals surface area contributed by atoms with Gasteiger partial charge in [-0.05, 0) is 30.7 Å². The fraction of sp³-hybridized carbons (Fsp3) is 0.550. The standard InChI is InChI=1S/C40H59N11O15S/c1-20(2)33(40(65)66)50-38(63)24(13-21-7-4-3-5-8-21)48-39(64)27-9-6-12-51(27)31(56)17-43-29(54)15-44-36(61)26(18-52)49-37(62)25(14-32(57)58)46-30(55)16-45-35(60)23(10-11-28(42)53)47-34(59)22(41)19-67/h3-5,7-8,20,22-27,33,52,67H,6,9-19,41H2,1-2H3,(H2,42,53)(H,43,54)(H,44,61)(H,45,60)(H,46,55)(H,47,59)(H,48,64)(H,49,62)(H,50,63)(H,57,58)(H,65,66)/t22-,23-,24-,25-,26-,27-,33-/m0/s1. The highest BCUT2D eigenvalue weighted by Gasteiger charge is 2.37. The summed E-state index contributed by atoms with van der Waals surface area (Å²) in [4.78, 5) is 152. The van der Waals surface area contributed by atoms with Crippen LogP contribution in [0.4, 0.5) is 0 Å². The maximum Gasteiger partial charge on any atom is 0.326 e. The van der Waals surface area contributed by atoms with Crippen LogP contribution >= 0.6 is 12.6 Å². The molecule has 0 spiro atoms. The average molecular weight is 966 g/mol. The largest absolute Gasteiger partial charge is 0.481 e. The third kappa shape index (κ3) is 19.6. The molecule has 2 rings (SSSR count). The Hall–Kier alpha value is -6.87. The molecule has 15 N–H and O–H groups in total. The number of nitrogens with two attached hydrogens (primary N) is 2. The minimum Gasteiger partial charge on any atom is -0.481 e. The summed E-state index contributed by atoms with van der Waals surface area (Å²) in [7, 11) is 0. The van der Waals surface area contributed by atoms with Gasteiger partial charge in [0.25, 0.3) is 0 Å². The number of amides is 10. The van der Waals surface area contributed by atoms with E-state index in [1.54, 1.807) is 44.2 Å². The highest BCUT2D eigenvalue weighted by molar-refractivity contribution is 7.80. The highest BCUT2D eigenvalue weighted by Crippen LogP contribution is 2.18. The van der Waals surface area contributed by atoms with Gasteiger partial charge in [-0.2, -0.15) is 12.6 Å². The molecule has 1 aliphatic heterocycles. The smallest absolute Gasteiger partial charge is 0.326 e. The third-order valence-electron chi connectivity index (χ3n) is 10.00. The van der Waals surface area contributed by atoms with E-state index in [-0.39, 0.29) is 38.0 Å². The molecule has 0 aliphatic carbocycles. The number of nitrogens with one attached hydrogen (secondary N) is 8. The van der Waals surface area contributed by atoms with Crippen LogP contribution < -0.4 is 54.0 Å². The number of aliphatic hydroxyl groups excluding tert-OH is 1. The molecule has 1 fully saturated rings. The van der Waals surface area contributed by atoms with Crippen LogP contribution in [-0.4, -0.2) is 172 Å². The minimum atomic E-state index is -1.87. The van der Waals surface area contributed by atoms with E-state index < -0.39 is 152 Å². The molecule has 1 aromatic rings. The molecule has 27 heteroatoms. The monoisotopic (exact) mass is 965 g/mol. The number of rotatable bonds is 28. The number of carboxylic acid groups (broad SMARTS) is 2. The quantitative estimate of drug-likeness (QED) is 0.0348.